The van der Waals surface area contributed by atoms with Crippen LogP contribution in [0.15, 0.2) is 23.2 Å². The highest BCUT2D eigenvalue weighted by atomic mass is 16.5. The van der Waals surface area contributed by atoms with Crippen LogP contribution in [0.4, 0.5) is 5.69 Å². The summed E-state index contributed by atoms with van der Waals surface area (Å²) in [6.07, 6.45) is 5.23. The Balaban J connectivity index is 1.25. The number of nitrogens with one attached hydrogen (secondary N) is 1. The summed E-state index contributed by atoms with van der Waals surface area (Å²) in [5.74, 6) is 0.538. The van der Waals surface area contributed by atoms with E-state index in [1.807, 2.05) is 23.1 Å². The Morgan fingerprint density at radius 3 is 2.84 bits per heavy atom. The molecule has 1 aliphatic carbocycles. The lowest BCUT2D eigenvalue weighted by atomic mass is 10.1. The molecule has 2 aliphatic heterocycles. The van der Waals surface area contributed by atoms with Crippen LogP contribution in [-0.2, 0) is 20.9 Å². The van der Waals surface area contributed by atoms with E-state index in [1.54, 1.807) is 0 Å². The Bertz CT molecular complexity index is 894. The standard InChI is InChI=1S/C22H28N4O5/c27-19-13-26-12-16-10-17(7-8-18(16)23-22(26)24-19)31-9-3-6-20(28)25(14-21(29)30)11-15-4-1-2-5-15/h7-8,10,15H,1-6,9,11-14H2,(H,29,30)(H,23,24,27). The summed E-state index contributed by atoms with van der Waals surface area (Å²) in [4.78, 5) is 43.1. The number of carboxylic acid groups (broad SMARTS) is 1. The molecule has 0 radical (unpaired) electrons. The van der Waals surface area contributed by atoms with Gasteiger partial charge in [0, 0.05) is 25.1 Å². The molecule has 0 bridgehead atoms. The number of aliphatic carboxylic acids is 1. The van der Waals surface area contributed by atoms with E-state index >= 15 is 0 Å². The molecule has 1 saturated heterocycles. The van der Waals surface area contributed by atoms with Gasteiger partial charge in [0.25, 0.3) is 0 Å². The molecule has 0 unspecified atom stereocenters. The fourth-order valence-electron chi connectivity index (χ4n) is 4.42. The molecule has 1 saturated carbocycles. The van der Waals surface area contributed by atoms with E-state index in [0.717, 1.165) is 36.9 Å². The SMILES string of the molecule is O=C(O)CN(CC1CCCC1)C(=O)CCCOc1ccc2c(c1)CN1CC(=O)NC1=N2. The van der Waals surface area contributed by atoms with E-state index in [2.05, 4.69) is 10.3 Å². The number of carboxylic acids is 1. The van der Waals surface area contributed by atoms with Crippen LogP contribution in [0.5, 0.6) is 5.75 Å². The quantitative estimate of drug-likeness (QED) is 0.581. The number of benzene rings is 1. The van der Waals surface area contributed by atoms with E-state index in [1.165, 1.54) is 4.90 Å². The number of ether oxygens (including phenoxy) is 1. The molecule has 3 aliphatic rings. The number of nitrogens with zero attached hydrogens (tertiary/aromatic N) is 3. The number of hydrogen-bond donors (Lipinski definition) is 2. The highest BCUT2D eigenvalue weighted by molar-refractivity contribution is 6.05. The Morgan fingerprint density at radius 1 is 1.26 bits per heavy atom. The molecule has 31 heavy (non-hydrogen) atoms. The number of amides is 2. The summed E-state index contributed by atoms with van der Waals surface area (Å²) >= 11 is 0. The van der Waals surface area contributed by atoms with Crippen molar-refractivity contribution >= 4 is 29.4 Å². The molecule has 4 rings (SSSR count). The van der Waals surface area contributed by atoms with Gasteiger partial charge in [-0.1, -0.05) is 12.8 Å². The number of guanidine groups is 1. The highest BCUT2D eigenvalue weighted by Crippen LogP contribution is 2.30. The van der Waals surface area contributed by atoms with Crippen molar-refractivity contribution < 1.29 is 24.2 Å². The van der Waals surface area contributed by atoms with Crippen LogP contribution in [0.1, 0.15) is 44.1 Å². The van der Waals surface area contributed by atoms with Gasteiger partial charge in [0.15, 0.2) is 0 Å². The number of carbonyl (C=O) groups excluding carboxylic acids is 2. The maximum atomic E-state index is 12.6. The van der Waals surface area contributed by atoms with Crippen molar-refractivity contribution in [1.82, 2.24) is 15.1 Å². The van der Waals surface area contributed by atoms with Gasteiger partial charge in [-0.3, -0.25) is 19.7 Å². The van der Waals surface area contributed by atoms with Crippen molar-refractivity contribution in [2.75, 3.05) is 26.2 Å². The lowest BCUT2D eigenvalue weighted by molar-refractivity contribution is -0.145. The second kappa shape index (κ2) is 9.36. The van der Waals surface area contributed by atoms with Gasteiger partial charge in [0.05, 0.1) is 12.3 Å². The molecule has 0 atom stereocenters. The first kappa shape index (κ1) is 21.1. The molecule has 2 amide bonds. The first-order valence-electron chi connectivity index (χ1n) is 10.9. The van der Waals surface area contributed by atoms with Gasteiger partial charge >= 0.3 is 5.97 Å². The Kier molecular flexibility index (Phi) is 6.39. The lowest BCUT2D eigenvalue weighted by Crippen LogP contribution is -2.38. The summed E-state index contributed by atoms with van der Waals surface area (Å²) in [7, 11) is 0. The van der Waals surface area contributed by atoms with Crippen LogP contribution in [-0.4, -0.2) is 64.9 Å². The van der Waals surface area contributed by atoms with Crippen molar-refractivity contribution in [3.05, 3.63) is 23.8 Å². The van der Waals surface area contributed by atoms with Gasteiger partial charge in [-0.2, -0.15) is 0 Å². The van der Waals surface area contributed by atoms with E-state index < -0.39 is 5.97 Å². The van der Waals surface area contributed by atoms with Gasteiger partial charge < -0.3 is 19.6 Å². The summed E-state index contributed by atoms with van der Waals surface area (Å²) in [5, 5.41) is 11.9. The van der Waals surface area contributed by atoms with Crippen LogP contribution < -0.4 is 10.1 Å². The highest BCUT2D eigenvalue weighted by Gasteiger charge is 2.29. The minimum Gasteiger partial charge on any atom is -0.494 e. The molecular formula is C22H28N4O5. The van der Waals surface area contributed by atoms with Crippen LogP contribution >= 0.6 is 0 Å². The molecule has 166 valence electrons. The average molecular weight is 428 g/mol. The van der Waals surface area contributed by atoms with Crippen molar-refractivity contribution in [2.24, 2.45) is 10.9 Å². The second-order valence-corrected chi connectivity index (χ2v) is 8.40. The third kappa shape index (κ3) is 5.34. The van der Waals surface area contributed by atoms with E-state index in [-0.39, 0.29) is 24.8 Å². The fraction of sp³-hybridized carbons (Fsp3) is 0.545. The third-order valence-corrected chi connectivity index (χ3v) is 5.96. The zero-order valence-corrected chi connectivity index (χ0v) is 17.5. The zero-order chi connectivity index (χ0) is 21.8. The first-order chi connectivity index (χ1) is 15.0. The maximum Gasteiger partial charge on any atom is 0.323 e. The van der Waals surface area contributed by atoms with Crippen molar-refractivity contribution in [1.29, 1.82) is 0 Å². The van der Waals surface area contributed by atoms with Gasteiger partial charge in [-0.05, 0) is 43.4 Å². The van der Waals surface area contributed by atoms with Crippen molar-refractivity contribution in [3.63, 3.8) is 0 Å². The molecule has 2 N–H and O–H groups in total. The molecule has 0 spiro atoms. The number of rotatable bonds is 9. The van der Waals surface area contributed by atoms with Gasteiger partial charge in [0.2, 0.25) is 17.8 Å². The largest absolute Gasteiger partial charge is 0.494 e. The van der Waals surface area contributed by atoms with Crippen LogP contribution in [0.3, 0.4) is 0 Å². The van der Waals surface area contributed by atoms with Crippen LogP contribution in [0.2, 0.25) is 0 Å². The van der Waals surface area contributed by atoms with Crippen molar-refractivity contribution in [2.45, 2.75) is 45.1 Å². The summed E-state index contributed by atoms with van der Waals surface area (Å²) < 4.78 is 5.81. The van der Waals surface area contributed by atoms with Gasteiger partial charge in [0.1, 0.15) is 18.8 Å². The molecule has 0 aromatic heterocycles. The lowest BCUT2D eigenvalue weighted by Gasteiger charge is -2.24. The van der Waals surface area contributed by atoms with Gasteiger partial charge in [-0.15, -0.1) is 0 Å². The van der Waals surface area contributed by atoms with E-state index in [0.29, 0.717) is 50.3 Å². The Hall–Kier alpha value is -3.10. The number of aliphatic imine (C=N–C) groups is 1. The zero-order valence-electron chi connectivity index (χ0n) is 17.5. The number of hydrogen-bond acceptors (Lipinski definition) is 6. The molecule has 9 nitrogen and oxygen atoms in total. The normalized spacial score (nSPS) is 17.6. The minimum absolute atomic E-state index is 0.0578. The monoisotopic (exact) mass is 428 g/mol. The number of carbonyl (C=O) groups is 3. The molecule has 1 aromatic carbocycles. The molecule has 9 heteroatoms. The van der Waals surface area contributed by atoms with Gasteiger partial charge in [-0.25, -0.2) is 4.99 Å². The predicted molar refractivity (Wildman–Crippen MR) is 113 cm³/mol. The minimum atomic E-state index is -0.975. The smallest absolute Gasteiger partial charge is 0.323 e. The van der Waals surface area contributed by atoms with Crippen LogP contribution in [0.25, 0.3) is 0 Å². The Morgan fingerprint density at radius 2 is 2.06 bits per heavy atom. The maximum absolute atomic E-state index is 12.6. The topological polar surface area (TPSA) is 112 Å². The van der Waals surface area contributed by atoms with Crippen LogP contribution in [0, 0.1) is 5.92 Å². The third-order valence-electron chi connectivity index (χ3n) is 5.96. The van der Waals surface area contributed by atoms with E-state index in [9.17, 15) is 14.4 Å². The second-order valence-electron chi connectivity index (χ2n) is 8.40. The molecule has 1 aromatic rings. The predicted octanol–water partition coefficient (Wildman–Crippen LogP) is 1.88. The fourth-order valence-corrected chi connectivity index (χ4v) is 4.42. The molecular weight excluding hydrogens is 400 g/mol. The first-order valence-corrected chi connectivity index (χ1v) is 10.9. The van der Waals surface area contributed by atoms with E-state index in [4.69, 9.17) is 9.84 Å². The molecule has 2 fully saturated rings. The summed E-state index contributed by atoms with van der Waals surface area (Å²) in [5.41, 5.74) is 1.80. The number of fused-ring (bicyclic) bond motifs is 2. The molecule has 2 heterocycles. The average Bonchev–Trinajstić information content (AvgIpc) is 3.36. The van der Waals surface area contributed by atoms with Crippen molar-refractivity contribution in [3.8, 4) is 5.75 Å². The Labute approximate surface area is 181 Å². The summed E-state index contributed by atoms with van der Waals surface area (Å²) in [6, 6.07) is 5.60. The summed E-state index contributed by atoms with van der Waals surface area (Å²) in [6.45, 7) is 1.56.